The van der Waals surface area contributed by atoms with Crippen LogP contribution in [0.4, 0.5) is 5.69 Å². The molecule has 3 rings (SSSR count). The van der Waals surface area contributed by atoms with E-state index in [4.69, 9.17) is 11.6 Å². The van der Waals surface area contributed by atoms with E-state index >= 15 is 0 Å². The van der Waals surface area contributed by atoms with Gasteiger partial charge in [0.1, 0.15) is 0 Å². The topological polar surface area (TPSA) is 32.3 Å². The number of hydrogen-bond acceptors (Lipinski definition) is 2. The van der Waals surface area contributed by atoms with Crippen LogP contribution in [0, 0.1) is 0 Å². The molecule has 0 spiro atoms. The predicted molar refractivity (Wildman–Crippen MR) is 85.6 cm³/mol. The number of carbonyl (C=O) groups excluding carboxylic acids is 1. The second-order valence-corrected chi connectivity index (χ2v) is 5.78. The zero-order valence-electron chi connectivity index (χ0n) is 11.8. The molecule has 0 radical (unpaired) electrons. The van der Waals surface area contributed by atoms with Crippen LogP contribution in [0.3, 0.4) is 0 Å². The third-order valence-electron chi connectivity index (χ3n) is 3.84. The Morgan fingerprint density at radius 1 is 1.24 bits per heavy atom. The molecular formula is C17H17ClN2O. The summed E-state index contributed by atoms with van der Waals surface area (Å²) in [5, 5.41) is 4.00. The molecule has 2 aromatic rings. The molecule has 1 aliphatic heterocycles. The molecule has 3 nitrogen and oxygen atoms in total. The van der Waals surface area contributed by atoms with E-state index in [2.05, 4.69) is 5.32 Å². The van der Waals surface area contributed by atoms with E-state index in [1.165, 1.54) is 0 Å². The molecule has 0 fully saturated rings. The van der Waals surface area contributed by atoms with Crippen LogP contribution in [0.15, 0.2) is 48.5 Å². The van der Waals surface area contributed by atoms with Crippen molar-refractivity contribution >= 4 is 23.2 Å². The molecule has 2 aromatic carbocycles. The molecule has 108 valence electrons. The lowest BCUT2D eigenvalue weighted by molar-refractivity contribution is -0.131. The van der Waals surface area contributed by atoms with Crippen LogP contribution >= 0.6 is 11.6 Å². The van der Waals surface area contributed by atoms with Crippen LogP contribution < -0.4 is 5.32 Å². The number of para-hydroxylation sites is 1. The van der Waals surface area contributed by atoms with Crippen LogP contribution in [0.1, 0.15) is 17.0 Å². The van der Waals surface area contributed by atoms with Crippen molar-refractivity contribution in [2.45, 2.75) is 12.5 Å². The van der Waals surface area contributed by atoms with Crippen molar-refractivity contribution in [1.82, 2.24) is 4.90 Å². The van der Waals surface area contributed by atoms with Gasteiger partial charge < -0.3 is 10.2 Å². The number of amides is 1. The van der Waals surface area contributed by atoms with Crippen LogP contribution in [0.25, 0.3) is 0 Å². The fraction of sp³-hybridized carbons (Fsp3) is 0.235. The summed E-state index contributed by atoms with van der Waals surface area (Å²) in [6.07, 6.45) is 0. The molecule has 1 aliphatic rings. The van der Waals surface area contributed by atoms with Gasteiger partial charge in [-0.25, -0.2) is 0 Å². The maximum atomic E-state index is 12.6. The van der Waals surface area contributed by atoms with Gasteiger partial charge in [0.25, 0.3) is 0 Å². The Hall–Kier alpha value is -2.00. The molecule has 0 bridgehead atoms. The molecule has 1 N–H and O–H groups in total. The second-order valence-electron chi connectivity index (χ2n) is 5.34. The Morgan fingerprint density at radius 2 is 1.95 bits per heavy atom. The Morgan fingerprint density at radius 3 is 2.71 bits per heavy atom. The zero-order chi connectivity index (χ0) is 14.8. The van der Waals surface area contributed by atoms with Crippen LogP contribution in [-0.4, -0.2) is 24.4 Å². The minimum Gasteiger partial charge on any atom is -0.384 e. The van der Waals surface area contributed by atoms with E-state index in [9.17, 15) is 4.79 Å². The maximum absolute atomic E-state index is 12.6. The predicted octanol–water partition coefficient (Wildman–Crippen LogP) is 3.51. The molecule has 1 unspecified atom stereocenters. The SMILES string of the molecule is CN(Cc1ccc(Cl)cc1)C(=O)C1CNc2ccccc21. The number of nitrogens with zero attached hydrogens (tertiary/aromatic N) is 1. The van der Waals surface area contributed by atoms with E-state index in [1.807, 2.05) is 55.6 Å². The van der Waals surface area contributed by atoms with Gasteiger partial charge in [0, 0.05) is 30.8 Å². The Labute approximate surface area is 129 Å². The van der Waals surface area contributed by atoms with Crippen molar-refractivity contribution in [3.8, 4) is 0 Å². The molecule has 1 heterocycles. The van der Waals surface area contributed by atoms with Crippen LogP contribution in [-0.2, 0) is 11.3 Å². The quantitative estimate of drug-likeness (QED) is 0.941. The summed E-state index contributed by atoms with van der Waals surface area (Å²) in [6, 6.07) is 15.6. The van der Waals surface area contributed by atoms with Gasteiger partial charge >= 0.3 is 0 Å². The Kier molecular flexibility index (Phi) is 3.84. The number of likely N-dealkylation sites (N-methyl/N-ethyl adjacent to an activating group) is 1. The number of nitrogens with one attached hydrogen (secondary N) is 1. The molecule has 1 atom stereocenters. The highest BCUT2D eigenvalue weighted by Crippen LogP contribution is 2.32. The summed E-state index contributed by atoms with van der Waals surface area (Å²) in [7, 11) is 1.85. The normalized spacial score (nSPS) is 16.2. The first kappa shape index (κ1) is 14.0. The first-order valence-electron chi connectivity index (χ1n) is 6.97. The summed E-state index contributed by atoms with van der Waals surface area (Å²) < 4.78 is 0. The summed E-state index contributed by atoms with van der Waals surface area (Å²) in [5.41, 5.74) is 3.23. The van der Waals surface area contributed by atoms with Gasteiger partial charge in [0.05, 0.1) is 5.92 Å². The Bertz CT molecular complexity index is 654. The summed E-state index contributed by atoms with van der Waals surface area (Å²) in [5.74, 6) is 0.0425. The van der Waals surface area contributed by atoms with E-state index in [0.29, 0.717) is 18.1 Å². The van der Waals surface area contributed by atoms with Crippen molar-refractivity contribution in [1.29, 1.82) is 0 Å². The molecular weight excluding hydrogens is 284 g/mol. The molecule has 0 saturated carbocycles. The fourth-order valence-electron chi connectivity index (χ4n) is 2.71. The first-order valence-corrected chi connectivity index (χ1v) is 7.35. The number of carbonyl (C=O) groups is 1. The third kappa shape index (κ3) is 2.88. The summed E-state index contributed by atoms with van der Waals surface area (Å²) in [6.45, 7) is 1.26. The smallest absolute Gasteiger partial charge is 0.232 e. The highest BCUT2D eigenvalue weighted by atomic mass is 35.5. The largest absolute Gasteiger partial charge is 0.384 e. The van der Waals surface area contributed by atoms with Crippen molar-refractivity contribution in [2.24, 2.45) is 0 Å². The number of benzene rings is 2. The van der Waals surface area contributed by atoms with Crippen molar-refractivity contribution in [2.75, 3.05) is 18.9 Å². The number of fused-ring (bicyclic) bond motifs is 1. The van der Waals surface area contributed by atoms with E-state index < -0.39 is 0 Å². The third-order valence-corrected chi connectivity index (χ3v) is 4.09. The average Bonchev–Trinajstić information content (AvgIpc) is 2.92. The minimum atomic E-state index is -0.0986. The fourth-order valence-corrected chi connectivity index (χ4v) is 2.84. The van der Waals surface area contributed by atoms with Crippen molar-refractivity contribution in [3.05, 3.63) is 64.7 Å². The highest BCUT2D eigenvalue weighted by molar-refractivity contribution is 6.30. The molecule has 21 heavy (non-hydrogen) atoms. The van der Waals surface area contributed by atoms with E-state index in [-0.39, 0.29) is 11.8 Å². The lowest BCUT2D eigenvalue weighted by atomic mass is 10.00. The van der Waals surface area contributed by atoms with Crippen molar-refractivity contribution in [3.63, 3.8) is 0 Å². The minimum absolute atomic E-state index is 0.0986. The molecule has 0 aromatic heterocycles. The number of anilines is 1. The number of hydrogen-bond donors (Lipinski definition) is 1. The van der Waals surface area contributed by atoms with Crippen molar-refractivity contribution < 1.29 is 4.79 Å². The molecule has 0 saturated heterocycles. The number of halogens is 1. The average molecular weight is 301 g/mol. The van der Waals surface area contributed by atoms with Gasteiger partial charge in [0.2, 0.25) is 5.91 Å². The van der Waals surface area contributed by atoms with E-state index in [1.54, 1.807) is 4.90 Å². The monoisotopic (exact) mass is 300 g/mol. The zero-order valence-corrected chi connectivity index (χ0v) is 12.6. The first-order chi connectivity index (χ1) is 10.1. The lowest BCUT2D eigenvalue weighted by Gasteiger charge is -2.21. The van der Waals surface area contributed by atoms with Crippen LogP contribution in [0.2, 0.25) is 5.02 Å². The summed E-state index contributed by atoms with van der Waals surface area (Å²) in [4.78, 5) is 14.4. The van der Waals surface area contributed by atoms with Gasteiger partial charge in [-0.05, 0) is 29.3 Å². The van der Waals surface area contributed by atoms with Crippen LogP contribution in [0.5, 0.6) is 0 Å². The standard InChI is InChI=1S/C17H17ClN2O/c1-20(11-12-6-8-13(18)9-7-12)17(21)15-10-19-16-5-3-2-4-14(15)16/h2-9,15,19H,10-11H2,1H3. The lowest BCUT2D eigenvalue weighted by Crippen LogP contribution is -2.32. The van der Waals surface area contributed by atoms with E-state index in [0.717, 1.165) is 16.8 Å². The number of rotatable bonds is 3. The van der Waals surface area contributed by atoms with Gasteiger partial charge in [-0.3, -0.25) is 4.79 Å². The molecule has 4 heteroatoms. The Balaban J connectivity index is 1.72. The molecule has 1 amide bonds. The van der Waals surface area contributed by atoms with Gasteiger partial charge in [-0.15, -0.1) is 0 Å². The van der Waals surface area contributed by atoms with Gasteiger partial charge in [-0.1, -0.05) is 41.9 Å². The van der Waals surface area contributed by atoms with Gasteiger partial charge in [-0.2, -0.15) is 0 Å². The highest BCUT2D eigenvalue weighted by Gasteiger charge is 2.30. The maximum Gasteiger partial charge on any atom is 0.232 e. The second kappa shape index (κ2) is 5.78. The van der Waals surface area contributed by atoms with Gasteiger partial charge in [0.15, 0.2) is 0 Å². The summed E-state index contributed by atoms with van der Waals surface area (Å²) >= 11 is 5.88. The molecule has 0 aliphatic carbocycles.